The molecular weight excluding hydrogens is 355 g/mol. The van der Waals surface area contributed by atoms with Gasteiger partial charge in [-0.3, -0.25) is 4.79 Å². The van der Waals surface area contributed by atoms with Gasteiger partial charge in [0.25, 0.3) is 0 Å². The zero-order valence-corrected chi connectivity index (χ0v) is 14.2. The Labute approximate surface area is 148 Å². The van der Waals surface area contributed by atoms with Crippen molar-refractivity contribution in [1.29, 1.82) is 0 Å². The number of alkyl halides is 3. The minimum absolute atomic E-state index is 0.00373. The van der Waals surface area contributed by atoms with Crippen LogP contribution in [0.25, 0.3) is 0 Å². The minimum atomic E-state index is -4.54. The molecule has 0 aliphatic rings. The van der Waals surface area contributed by atoms with Gasteiger partial charge in [0.1, 0.15) is 5.82 Å². The van der Waals surface area contributed by atoms with Gasteiger partial charge in [-0.15, -0.1) is 0 Å². The number of aromatic nitrogens is 1. The number of halogens is 4. The van der Waals surface area contributed by atoms with Crippen molar-refractivity contribution in [2.75, 3.05) is 10.6 Å². The van der Waals surface area contributed by atoms with E-state index in [4.69, 9.17) is 11.6 Å². The van der Waals surface area contributed by atoms with Crippen LogP contribution < -0.4 is 10.6 Å². The number of hydrogen-bond donors (Lipinski definition) is 2. The number of amides is 1. The van der Waals surface area contributed by atoms with E-state index in [0.29, 0.717) is 12.1 Å². The molecule has 1 amide bonds. The summed E-state index contributed by atoms with van der Waals surface area (Å²) in [4.78, 5) is 15.7. The van der Waals surface area contributed by atoms with Crippen molar-refractivity contribution in [1.82, 2.24) is 4.98 Å². The van der Waals surface area contributed by atoms with Gasteiger partial charge in [0.2, 0.25) is 5.91 Å². The molecule has 0 fully saturated rings. The Morgan fingerprint density at radius 1 is 1.24 bits per heavy atom. The Kier molecular flexibility index (Phi) is 6.25. The zero-order chi connectivity index (χ0) is 18.4. The summed E-state index contributed by atoms with van der Waals surface area (Å²) in [5.74, 6) is 0.0980. The third-order valence-electron chi connectivity index (χ3n) is 3.35. The first-order valence-corrected chi connectivity index (χ1v) is 8.07. The van der Waals surface area contributed by atoms with Crippen molar-refractivity contribution in [2.45, 2.75) is 32.4 Å². The van der Waals surface area contributed by atoms with Crippen molar-refractivity contribution in [2.24, 2.45) is 0 Å². The number of unbranched alkanes of at least 4 members (excludes halogenated alkanes) is 1. The quantitative estimate of drug-likeness (QED) is 0.692. The Balaban J connectivity index is 2.11. The van der Waals surface area contributed by atoms with Crippen molar-refractivity contribution in [3.05, 3.63) is 47.1 Å². The van der Waals surface area contributed by atoms with E-state index >= 15 is 0 Å². The molecule has 2 rings (SSSR count). The third kappa shape index (κ3) is 5.63. The molecule has 2 aromatic rings. The fourth-order valence-corrected chi connectivity index (χ4v) is 2.27. The average Bonchev–Trinajstić information content (AvgIpc) is 2.55. The molecule has 0 spiro atoms. The maximum atomic E-state index is 13.1. The number of carbonyl (C=O) groups excluding carboxylic acids is 1. The van der Waals surface area contributed by atoms with Gasteiger partial charge in [-0.2, -0.15) is 13.2 Å². The molecule has 134 valence electrons. The summed E-state index contributed by atoms with van der Waals surface area (Å²) in [5, 5.41) is 5.30. The van der Waals surface area contributed by atoms with Gasteiger partial charge in [0.15, 0.2) is 0 Å². The van der Waals surface area contributed by atoms with Crippen LogP contribution in [0, 0.1) is 0 Å². The van der Waals surface area contributed by atoms with E-state index in [2.05, 4.69) is 15.6 Å². The number of benzene rings is 1. The van der Waals surface area contributed by atoms with Crippen molar-refractivity contribution < 1.29 is 18.0 Å². The molecule has 8 heteroatoms. The van der Waals surface area contributed by atoms with Gasteiger partial charge >= 0.3 is 6.18 Å². The lowest BCUT2D eigenvalue weighted by Gasteiger charge is -2.14. The molecule has 0 atom stereocenters. The Hall–Kier alpha value is -2.28. The van der Waals surface area contributed by atoms with Crippen LogP contribution >= 0.6 is 11.6 Å². The minimum Gasteiger partial charge on any atom is -0.340 e. The van der Waals surface area contributed by atoms with Gasteiger partial charge < -0.3 is 10.6 Å². The monoisotopic (exact) mass is 371 g/mol. The van der Waals surface area contributed by atoms with Crippen LogP contribution in [0.1, 0.15) is 31.7 Å². The van der Waals surface area contributed by atoms with Crippen LogP contribution in [0.2, 0.25) is 5.02 Å². The van der Waals surface area contributed by atoms with E-state index in [9.17, 15) is 18.0 Å². The molecule has 0 aliphatic heterocycles. The molecule has 0 aliphatic carbocycles. The summed E-state index contributed by atoms with van der Waals surface area (Å²) < 4.78 is 39.2. The molecule has 1 heterocycles. The van der Waals surface area contributed by atoms with E-state index in [0.717, 1.165) is 18.9 Å². The summed E-state index contributed by atoms with van der Waals surface area (Å²) in [6, 6.07) is 6.52. The number of anilines is 3. The highest BCUT2D eigenvalue weighted by Gasteiger charge is 2.33. The summed E-state index contributed by atoms with van der Waals surface area (Å²) in [6.07, 6.45) is -1.04. The summed E-state index contributed by atoms with van der Waals surface area (Å²) >= 11 is 5.65. The molecule has 0 unspecified atom stereocenters. The number of nitrogens with one attached hydrogen (secondary N) is 2. The highest BCUT2D eigenvalue weighted by Crippen LogP contribution is 2.37. The van der Waals surface area contributed by atoms with Gasteiger partial charge in [-0.05, 0) is 36.8 Å². The van der Waals surface area contributed by atoms with Crippen molar-refractivity contribution in [3.8, 4) is 0 Å². The molecule has 1 aromatic heterocycles. The Bertz CT molecular complexity index is 733. The third-order valence-corrected chi connectivity index (χ3v) is 3.59. The van der Waals surface area contributed by atoms with Crippen LogP contribution in [0.15, 0.2) is 36.5 Å². The molecule has 2 N–H and O–H groups in total. The number of rotatable bonds is 6. The standard InChI is InChI=1S/C17H17ClF3N3O/c1-2-3-4-16(25)23-12-6-8-15(22-10-12)24-14-7-5-11(18)9-13(14)17(19,20)21/h5-10H,2-4H2,1H3,(H,22,24)(H,23,25). The number of hydrogen-bond acceptors (Lipinski definition) is 3. The maximum absolute atomic E-state index is 13.1. The summed E-state index contributed by atoms with van der Waals surface area (Å²) in [5.41, 5.74) is -0.540. The Morgan fingerprint density at radius 2 is 2.00 bits per heavy atom. The number of pyridine rings is 1. The second-order valence-electron chi connectivity index (χ2n) is 5.40. The van der Waals surface area contributed by atoms with Gasteiger partial charge in [-0.25, -0.2) is 4.98 Å². The fourth-order valence-electron chi connectivity index (χ4n) is 2.10. The molecule has 25 heavy (non-hydrogen) atoms. The van der Waals surface area contributed by atoms with Gasteiger partial charge in [-0.1, -0.05) is 24.9 Å². The highest BCUT2D eigenvalue weighted by molar-refractivity contribution is 6.30. The lowest BCUT2D eigenvalue weighted by Crippen LogP contribution is -2.11. The van der Waals surface area contributed by atoms with Crippen molar-refractivity contribution in [3.63, 3.8) is 0 Å². The predicted molar refractivity (Wildman–Crippen MR) is 92.1 cm³/mol. The molecule has 0 saturated heterocycles. The molecule has 1 aromatic carbocycles. The average molecular weight is 372 g/mol. The normalized spacial score (nSPS) is 11.2. The number of nitrogens with zero attached hydrogens (tertiary/aromatic N) is 1. The van der Waals surface area contributed by atoms with Crippen LogP contribution in [-0.4, -0.2) is 10.9 Å². The van der Waals surface area contributed by atoms with Crippen LogP contribution in [-0.2, 0) is 11.0 Å². The highest BCUT2D eigenvalue weighted by atomic mass is 35.5. The van der Waals surface area contributed by atoms with E-state index in [1.807, 2.05) is 6.92 Å². The van der Waals surface area contributed by atoms with Crippen molar-refractivity contribution >= 4 is 34.7 Å². The molecule has 0 bridgehead atoms. The first-order chi connectivity index (χ1) is 11.8. The number of carbonyl (C=O) groups is 1. The first kappa shape index (κ1) is 19.1. The lowest BCUT2D eigenvalue weighted by molar-refractivity contribution is -0.136. The van der Waals surface area contributed by atoms with Crippen LogP contribution in [0.5, 0.6) is 0 Å². The zero-order valence-electron chi connectivity index (χ0n) is 13.5. The smallest absolute Gasteiger partial charge is 0.340 e. The molecule has 0 saturated carbocycles. The SMILES string of the molecule is CCCCC(=O)Nc1ccc(Nc2ccc(Cl)cc2C(F)(F)F)nc1. The molecule has 0 radical (unpaired) electrons. The second-order valence-corrected chi connectivity index (χ2v) is 5.83. The van der Waals surface area contributed by atoms with Crippen LogP contribution in [0.3, 0.4) is 0 Å². The molecular formula is C17H17ClF3N3O. The van der Waals surface area contributed by atoms with Gasteiger partial charge in [0, 0.05) is 11.4 Å². The summed E-state index contributed by atoms with van der Waals surface area (Å²) in [7, 11) is 0. The van der Waals surface area contributed by atoms with E-state index in [-0.39, 0.29) is 22.4 Å². The fraction of sp³-hybridized carbons (Fsp3) is 0.294. The van der Waals surface area contributed by atoms with Gasteiger partial charge in [0.05, 0.1) is 23.1 Å². The largest absolute Gasteiger partial charge is 0.418 e. The lowest BCUT2D eigenvalue weighted by atomic mass is 10.1. The van der Waals surface area contributed by atoms with E-state index in [1.165, 1.54) is 24.4 Å². The Morgan fingerprint density at radius 3 is 2.60 bits per heavy atom. The maximum Gasteiger partial charge on any atom is 0.418 e. The second kappa shape index (κ2) is 8.20. The van der Waals surface area contributed by atoms with E-state index < -0.39 is 11.7 Å². The first-order valence-electron chi connectivity index (χ1n) is 7.69. The van der Waals surface area contributed by atoms with E-state index in [1.54, 1.807) is 6.07 Å². The molecule has 4 nitrogen and oxygen atoms in total. The predicted octanol–water partition coefficient (Wildman–Crippen LogP) is 5.63. The topological polar surface area (TPSA) is 54.0 Å². The van der Waals surface area contributed by atoms with Crippen LogP contribution in [0.4, 0.5) is 30.4 Å². The summed E-state index contributed by atoms with van der Waals surface area (Å²) in [6.45, 7) is 1.99.